The lowest BCUT2D eigenvalue weighted by molar-refractivity contribution is 0.557. The first-order valence-electron chi connectivity index (χ1n) is 29.9. The van der Waals surface area contributed by atoms with Crippen LogP contribution in [-0.2, 0) is 10.8 Å². The first-order chi connectivity index (χ1) is 42.6. The molecule has 15 aromatic carbocycles. The van der Waals surface area contributed by atoms with Gasteiger partial charge in [-0.3, -0.25) is 0 Å². The normalized spacial score (nSPS) is 15.5. The predicted molar refractivity (Wildman–Crippen MR) is 360 cm³/mol. The van der Waals surface area contributed by atoms with Crippen molar-refractivity contribution in [1.82, 2.24) is 0 Å². The highest BCUT2D eigenvalue weighted by Crippen LogP contribution is 2.67. The van der Waals surface area contributed by atoms with E-state index in [0.717, 1.165) is 34.1 Å². The van der Waals surface area contributed by atoms with Crippen LogP contribution in [0.3, 0.4) is 0 Å². The fraction of sp³-hybridized carbons (Fsp3) is 0.0238. The zero-order valence-corrected chi connectivity index (χ0v) is 47.2. The lowest BCUT2D eigenvalue weighted by Gasteiger charge is -2.57. The fourth-order valence-electron chi connectivity index (χ4n) is 14.8. The molecular formula is C84H56N2. The molecule has 0 spiro atoms. The Balaban J connectivity index is 0.816. The van der Waals surface area contributed by atoms with Gasteiger partial charge in [-0.15, -0.1) is 0 Å². The summed E-state index contributed by atoms with van der Waals surface area (Å²) in [5.74, 6) is 0. The molecule has 0 saturated carbocycles. The van der Waals surface area contributed by atoms with Gasteiger partial charge < -0.3 is 9.80 Å². The largest absolute Gasteiger partial charge is 0.310 e. The zero-order chi connectivity index (χ0) is 56.8. The number of anilines is 6. The standard InChI is InChI=1S/C84H56N2/c1-3-25-69(26-4-1)83-77-29-15-16-30-78(77)84(70-27-5-2-6-28-70,80-50-40-67(55-81(80)83)61-31-41-71(42-32-61)85(73-45-35-57-17-7-11-21-63(57)51-73)74-46-36-58-18-8-12-22-64(58)52-74)82-56-68(39-49-79(82)83)62-33-43-72(44-34-62)86(75-47-37-59-19-9-13-23-65(59)53-75)76-48-38-60-20-10-14-24-66(60)54-76/h1-56H. The number of nitrogens with zero attached hydrogens (tertiary/aromatic N) is 2. The first kappa shape index (κ1) is 49.5. The van der Waals surface area contributed by atoms with E-state index in [9.17, 15) is 0 Å². The van der Waals surface area contributed by atoms with Crippen molar-refractivity contribution in [3.05, 3.63) is 384 Å². The van der Waals surface area contributed by atoms with Crippen LogP contribution >= 0.6 is 0 Å². The second-order valence-electron chi connectivity index (χ2n) is 23.2. The van der Waals surface area contributed by atoms with Crippen LogP contribution in [-0.4, -0.2) is 0 Å². The molecule has 3 aliphatic carbocycles. The van der Waals surface area contributed by atoms with Gasteiger partial charge in [-0.2, -0.15) is 0 Å². The van der Waals surface area contributed by atoms with Gasteiger partial charge in [0.2, 0.25) is 0 Å². The van der Waals surface area contributed by atoms with Crippen molar-refractivity contribution in [1.29, 1.82) is 0 Å². The molecule has 0 fully saturated rings. The molecule has 86 heavy (non-hydrogen) atoms. The van der Waals surface area contributed by atoms with Gasteiger partial charge in [-0.25, -0.2) is 0 Å². The molecule has 2 atom stereocenters. The third kappa shape index (κ3) is 7.66. The van der Waals surface area contributed by atoms with E-state index in [2.05, 4.69) is 350 Å². The summed E-state index contributed by atoms with van der Waals surface area (Å²) in [6.45, 7) is 0. The number of rotatable bonds is 10. The van der Waals surface area contributed by atoms with E-state index in [-0.39, 0.29) is 0 Å². The maximum atomic E-state index is 2.53. The van der Waals surface area contributed by atoms with Gasteiger partial charge in [0.15, 0.2) is 0 Å². The lowest BCUT2D eigenvalue weighted by Crippen LogP contribution is -2.51. The molecule has 18 rings (SSSR count). The Morgan fingerprint density at radius 3 is 0.744 bits per heavy atom. The van der Waals surface area contributed by atoms with Gasteiger partial charge in [-0.05, 0) is 195 Å². The van der Waals surface area contributed by atoms with Crippen LogP contribution in [0.15, 0.2) is 340 Å². The summed E-state index contributed by atoms with van der Waals surface area (Å²) in [6.07, 6.45) is 0. The molecule has 0 N–H and O–H groups in total. The molecule has 402 valence electrons. The molecule has 0 radical (unpaired) electrons. The Morgan fingerprint density at radius 2 is 0.419 bits per heavy atom. The van der Waals surface area contributed by atoms with Crippen LogP contribution < -0.4 is 9.80 Å². The summed E-state index contributed by atoms with van der Waals surface area (Å²) in [7, 11) is 0. The minimum atomic E-state index is -0.624. The van der Waals surface area contributed by atoms with Gasteiger partial charge >= 0.3 is 0 Å². The highest BCUT2D eigenvalue weighted by molar-refractivity contribution is 5.96. The first-order valence-corrected chi connectivity index (χ1v) is 29.9. The molecule has 15 aromatic rings. The van der Waals surface area contributed by atoms with Crippen molar-refractivity contribution >= 4 is 77.2 Å². The van der Waals surface area contributed by atoms with Crippen molar-refractivity contribution in [2.75, 3.05) is 9.80 Å². The van der Waals surface area contributed by atoms with Crippen LogP contribution in [0.5, 0.6) is 0 Å². The average Bonchev–Trinajstić information content (AvgIpc) is 0.652. The van der Waals surface area contributed by atoms with E-state index < -0.39 is 10.8 Å². The zero-order valence-electron chi connectivity index (χ0n) is 47.2. The number of hydrogen-bond acceptors (Lipinski definition) is 2. The molecule has 0 aliphatic heterocycles. The molecule has 2 nitrogen and oxygen atoms in total. The Kier molecular flexibility index (Phi) is 11.4. The van der Waals surface area contributed by atoms with E-state index in [0.29, 0.717) is 0 Å². The fourth-order valence-corrected chi connectivity index (χ4v) is 14.8. The van der Waals surface area contributed by atoms with Crippen LogP contribution in [0.25, 0.3) is 65.3 Å². The van der Waals surface area contributed by atoms with Crippen molar-refractivity contribution in [2.45, 2.75) is 10.8 Å². The maximum Gasteiger partial charge on any atom is 0.0711 e. The van der Waals surface area contributed by atoms with Gasteiger partial charge in [0.25, 0.3) is 0 Å². The molecule has 2 unspecified atom stereocenters. The minimum Gasteiger partial charge on any atom is -0.310 e. The van der Waals surface area contributed by atoms with Gasteiger partial charge in [-0.1, -0.05) is 255 Å². The summed E-state index contributed by atoms with van der Waals surface area (Å²) in [4.78, 5) is 4.79. The molecule has 0 heterocycles. The molecule has 0 amide bonds. The van der Waals surface area contributed by atoms with Crippen LogP contribution in [0.2, 0.25) is 0 Å². The molecule has 3 aliphatic rings. The smallest absolute Gasteiger partial charge is 0.0711 e. The Morgan fingerprint density at radius 1 is 0.163 bits per heavy atom. The van der Waals surface area contributed by atoms with Gasteiger partial charge in [0, 0.05) is 34.1 Å². The second kappa shape index (κ2) is 19.8. The highest BCUT2D eigenvalue weighted by Gasteiger charge is 2.60. The quantitative estimate of drug-likeness (QED) is 0.135. The lowest BCUT2D eigenvalue weighted by atomic mass is 9.44. The Hall–Kier alpha value is -11.1. The van der Waals surface area contributed by atoms with E-state index in [1.54, 1.807) is 0 Å². The third-order valence-electron chi connectivity index (χ3n) is 18.7. The average molecular weight is 1090 g/mol. The van der Waals surface area contributed by atoms with E-state index in [1.807, 2.05) is 0 Å². The summed E-state index contributed by atoms with van der Waals surface area (Å²) >= 11 is 0. The molecule has 2 bridgehead atoms. The summed E-state index contributed by atoms with van der Waals surface area (Å²) in [5, 5.41) is 9.74. The molecule has 0 aromatic heterocycles. The second-order valence-corrected chi connectivity index (χ2v) is 23.2. The number of hydrogen-bond donors (Lipinski definition) is 0. The van der Waals surface area contributed by atoms with Crippen molar-refractivity contribution in [3.8, 4) is 22.3 Å². The monoisotopic (exact) mass is 1090 g/mol. The summed E-state index contributed by atoms with van der Waals surface area (Å²) in [6, 6.07) is 127. The third-order valence-corrected chi connectivity index (χ3v) is 18.7. The SMILES string of the molecule is c1ccc(C23c4ccccc4C(c4ccccc4)(c4ccc(-c5ccc(N(c6ccc7ccccc7c6)c6ccc7ccccc7c6)cc5)cc42)c2cc(-c4ccc(N(c5ccc6ccccc6c5)c5ccc6ccccc6c5)cc4)ccc23)cc1. The summed E-state index contributed by atoms with van der Waals surface area (Å²) < 4.78 is 0. The van der Waals surface area contributed by atoms with Crippen LogP contribution in [0, 0.1) is 0 Å². The van der Waals surface area contributed by atoms with E-state index in [4.69, 9.17) is 0 Å². The van der Waals surface area contributed by atoms with Crippen LogP contribution in [0.4, 0.5) is 34.1 Å². The Labute approximate surface area is 501 Å². The van der Waals surface area contributed by atoms with E-state index >= 15 is 0 Å². The van der Waals surface area contributed by atoms with Crippen molar-refractivity contribution < 1.29 is 0 Å². The highest BCUT2D eigenvalue weighted by atomic mass is 15.1. The van der Waals surface area contributed by atoms with Crippen molar-refractivity contribution in [2.24, 2.45) is 0 Å². The maximum absolute atomic E-state index is 2.53. The van der Waals surface area contributed by atoms with Gasteiger partial charge in [0.05, 0.1) is 10.8 Å². The van der Waals surface area contributed by atoms with E-state index in [1.165, 1.54) is 110 Å². The molecule has 2 heteroatoms. The van der Waals surface area contributed by atoms with Gasteiger partial charge in [0.1, 0.15) is 0 Å². The summed E-state index contributed by atoms with van der Waals surface area (Å²) in [5.41, 5.74) is 20.5. The van der Waals surface area contributed by atoms with Crippen molar-refractivity contribution in [3.63, 3.8) is 0 Å². The van der Waals surface area contributed by atoms with Crippen LogP contribution in [0.1, 0.15) is 44.5 Å². The number of fused-ring (bicyclic) bond motifs is 4. The molecular weight excluding hydrogens is 1040 g/mol. The predicted octanol–water partition coefficient (Wildman–Crippen LogP) is 22.0. The number of benzene rings is 15. The minimum absolute atomic E-state index is 0.624. The Bertz CT molecular complexity index is 4640. The molecule has 0 saturated heterocycles. The topological polar surface area (TPSA) is 6.48 Å².